The SMILES string of the molecule is COc1ccc(CNC(=O)C(C)Oc2cccc(F)c2)cc1. The molecule has 4 nitrogen and oxygen atoms in total. The molecule has 0 fully saturated rings. The molecule has 0 bridgehead atoms. The Hall–Kier alpha value is -2.56. The van der Waals surface area contributed by atoms with Gasteiger partial charge < -0.3 is 14.8 Å². The second kappa shape index (κ2) is 7.45. The summed E-state index contributed by atoms with van der Waals surface area (Å²) in [4.78, 5) is 12.0. The number of rotatable bonds is 6. The maximum absolute atomic E-state index is 13.1. The van der Waals surface area contributed by atoms with Crippen LogP contribution in [-0.2, 0) is 11.3 Å². The van der Waals surface area contributed by atoms with Gasteiger partial charge >= 0.3 is 0 Å². The Morgan fingerprint density at radius 1 is 1.18 bits per heavy atom. The summed E-state index contributed by atoms with van der Waals surface area (Å²) >= 11 is 0. The highest BCUT2D eigenvalue weighted by Crippen LogP contribution is 2.14. The first-order valence-corrected chi connectivity index (χ1v) is 6.91. The zero-order chi connectivity index (χ0) is 15.9. The van der Waals surface area contributed by atoms with Gasteiger partial charge in [0.05, 0.1) is 7.11 Å². The van der Waals surface area contributed by atoms with Gasteiger partial charge in [-0.25, -0.2) is 4.39 Å². The van der Waals surface area contributed by atoms with Gasteiger partial charge in [-0.3, -0.25) is 4.79 Å². The van der Waals surface area contributed by atoms with E-state index in [1.807, 2.05) is 24.3 Å². The number of carbonyl (C=O) groups excluding carboxylic acids is 1. The standard InChI is InChI=1S/C17H18FNO3/c1-12(22-16-5-3-4-14(18)10-16)17(20)19-11-13-6-8-15(21-2)9-7-13/h3-10,12H,11H2,1-2H3,(H,19,20). The van der Waals surface area contributed by atoms with Crippen molar-refractivity contribution in [3.8, 4) is 11.5 Å². The van der Waals surface area contributed by atoms with E-state index in [0.29, 0.717) is 12.3 Å². The van der Waals surface area contributed by atoms with Crippen molar-refractivity contribution < 1.29 is 18.7 Å². The Bertz CT molecular complexity index is 628. The topological polar surface area (TPSA) is 47.6 Å². The molecule has 2 aromatic carbocycles. The molecule has 0 aliphatic rings. The summed E-state index contributed by atoms with van der Waals surface area (Å²) < 4.78 is 23.5. The number of ether oxygens (including phenoxy) is 2. The van der Waals surface area contributed by atoms with E-state index in [1.165, 1.54) is 18.2 Å². The third-order valence-corrected chi connectivity index (χ3v) is 3.10. The Balaban J connectivity index is 1.85. The van der Waals surface area contributed by atoms with Crippen LogP contribution in [0.4, 0.5) is 4.39 Å². The van der Waals surface area contributed by atoms with Crippen LogP contribution < -0.4 is 14.8 Å². The molecule has 0 aromatic heterocycles. The molecule has 1 unspecified atom stereocenters. The Labute approximate surface area is 128 Å². The first-order chi connectivity index (χ1) is 10.6. The predicted molar refractivity (Wildman–Crippen MR) is 81.3 cm³/mol. The van der Waals surface area contributed by atoms with Crippen molar-refractivity contribution in [2.75, 3.05) is 7.11 Å². The van der Waals surface area contributed by atoms with E-state index >= 15 is 0 Å². The summed E-state index contributed by atoms with van der Waals surface area (Å²) in [5.41, 5.74) is 0.951. The highest BCUT2D eigenvalue weighted by atomic mass is 19.1. The number of carbonyl (C=O) groups is 1. The van der Waals surface area contributed by atoms with E-state index in [2.05, 4.69) is 5.32 Å². The summed E-state index contributed by atoms with van der Waals surface area (Å²) in [7, 11) is 1.60. The maximum Gasteiger partial charge on any atom is 0.261 e. The molecule has 2 aromatic rings. The van der Waals surface area contributed by atoms with Crippen LogP contribution in [0.5, 0.6) is 11.5 Å². The lowest BCUT2D eigenvalue weighted by Gasteiger charge is -2.15. The summed E-state index contributed by atoms with van der Waals surface area (Å²) in [6.45, 7) is 2.01. The number of hydrogen-bond acceptors (Lipinski definition) is 3. The van der Waals surface area contributed by atoms with Gasteiger partial charge in [-0.1, -0.05) is 18.2 Å². The first-order valence-electron chi connectivity index (χ1n) is 6.91. The minimum absolute atomic E-state index is 0.264. The first kappa shape index (κ1) is 15.8. The second-order valence-corrected chi connectivity index (χ2v) is 4.78. The number of hydrogen-bond donors (Lipinski definition) is 1. The number of methoxy groups -OCH3 is 1. The zero-order valence-electron chi connectivity index (χ0n) is 12.5. The second-order valence-electron chi connectivity index (χ2n) is 4.78. The molecule has 5 heteroatoms. The van der Waals surface area contributed by atoms with Crippen LogP contribution in [0, 0.1) is 5.82 Å². The predicted octanol–water partition coefficient (Wildman–Crippen LogP) is 2.92. The van der Waals surface area contributed by atoms with Crippen LogP contribution in [0.1, 0.15) is 12.5 Å². The highest BCUT2D eigenvalue weighted by molar-refractivity contribution is 5.80. The molecule has 0 spiro atoms. The highest BCUT2D eigenvalue weighted by Gasteiger charge is 2.14. The van der Waals surface area contributed by atoms with Gasteiger partial charge in [0.1, 0.15) is 17.3 Å². The van der Waals surface area contributed by atoms with Gasteiger partial charge in [0.15, 0.2) is 6.10 Å². The van der Waals surface area contributed by atoms with Gasteiger partial charge in [-0.2, -0.15) is 0 Å². The van der Waals surface area contributed by atoms with E-state index < -0.39 is 11.9 Å². The van der Waals surface area contributed by atoms with E-state index in [4.69, 9.17) is 9.47 Å². The maximum atomic E-state index is 13.1. The smallest absolute Gasteiger partial charge is 0.261 e. The van der Waals surface area contributed by atoms with Crippen LogP contribution >= 0.6 is 0 Å². The third-order valence-electron chi connectivity index (χ3n) is 3.10. The number of benzene rings is 2. The average molecular weight is 303 g/mol. The fourth-order valence-electron chi connectivity index (χ4n) is 1.87. The molecule has 0 saturated carbocycles. The van der Waals surface area contributed by atoms with Gasteiger partial charge in [-0.15, -0.1) is 0 Å². The van der Waals surface area contributed by atoms with Crippen molar-refractivity contribution in [1.29, 1.82) is 0 Å². The minimum atomic E-state index is -0.708. The molecule has 0 aliphatic heterocycles. The number of halogens is 1. The monoisotopic (exact) mass is 303 g/mol. The summed E-state index contributed by atoms with van der Waals surface area (Å²) in [5.74, 6) is 0.424. The van der Waals surface area contributed by atoms with Gasteiger partial charge in [0.2, 0.25) is 0 Å². The fourth-order valence-corrected chi connectivity index (χ4v) is 1.87. The lowest BCUT2D eigenvalue weighted by molar-refractivity contribution is -0.127. The fraction of sp³-hybridized carbons (Fsp3) is 0.235. The minimum Gasteiger partial charge on any atom is -0.497 e. The average Bonchev–Trinajstić information content (AvgIpc) is 2.53. The molecule has 0 heterocycles. The Morgan fingerprint density at radius 2 is 1.91 bits per heavy atom. The van der Waals surface area contributed by atoms with Crippen LogP contribution in [0.3, 0.4) is 0 Å². The molecular formula is C17H18FNO3. The van der Waals surface area contributed by atoms with Crippen molar-refractivity contribution in [3.63, 3.8) is 0 Å². The van der Waals surface area contributed by atoms with Crippen molar-refractivity contribution in [3.05, 3.63) is 59.9 Å². The van der Waals surface area contributed by atoms with Gasteiger partial charge in [0.25, 0.3) is 5.91 Å². The van der Waals surface area contributed by atoms with E-state index in [0.717, 1.165) is 11.3 Å². The molecular weight excluding hydrogens is 285 g/mol. The zero-order valence-corrected chi connectivity index (χ0v) is 12.5. The quantitative estimate of drug-likeness (QED) is 0.892. The Kier molecular flexibility index (Phi) is 5.36. The van der Waals surface area contributed by atoms with E-state index in [1.54, 1.807) is 20.1 Å². The summed E-state index contributed by atoms with van der Waals surface area (Å²) in [5, 5.41) is 2.77. The van der Waals surface area contributed by atoms with Crippen molar-refractivity contribution in [2.24, 2.45) is 0 Å². The summed E-state index contributed by atoms with van der Waals surface area (Å²) in [6.07, 6.45) is -0.708. The molecule has 22 heavy (non-hydrogen) atoms. The normalized spacial score (nSPS) is 11.6. The van der Waals surface area contributed by atoms with Crippen LogP contribution in [0.25, 0.3) is 0 Å². The van der Waals surface area contributed by atoms with Crippen molar-refractivity contribution >= 4 is 5.91 Å². The van der Waals surface area contributed by atoms with Crippen molar-refractivity contribution in [2.45, 2.75) is 19.6 Å². The van der Waals surface area contributed by atoms with Crippen LogP contribution in [0.2, 0.25) is 0 Å². The summed E-state index contributed by atoms with van der Waals surface area (Å²) in [6, 6.07) is 13.1. The number of nitrogens with one attached hydrogen (secondary N) is 1. The molecule has 1 atom stereocenters. The number of amides is 1. The van der Waals surface area contributed by atoms with E-state index in [9.17, 15) is 9.18 Å². The molecule has 2 rings (SSSR count). The molecule has 0 saturated heterocycles. The van der Waals surface area contributed by atoms with Gasteiger partial charge in [0, 0.05) is 12.6 Å². The van der Waals surface area contributed by atoms with Crippen molar-refractivity contribution in [1.82, 2.24) is 5.32 Å². The Morgan fingerprint density at radius 3 is 2.55 bits per heavy atom. The van der Waals surface area contributed by atoms with Crippen LogP contribution in [0.15, 0.2) is 48.5 Å². The third kappa shape index (κ3) is 4.48. The molecule has 0 radical (unpaired) electrons. The van der Waals surface area contributed by atoms with E-state index in [-0.39, 0.29) is 5.91 Å². The molecule has 1 N–H and O–H groups in total. The largest absolute Gasteiger partial charge is 0.497 e. The molecule has 0 aliphatic carbocycles. The molecule has 1 amide bonds. The lowest BCUT2D eigenvalue weighted by Crippen LogP contribution is -2.35. The van der Waals surface area contributed by atoms with Gasteiger partial charge in [-0.05, 0) is 36.8 Å². The van der Waals surface area contributed by atoms with Crippen LogP contribution in [-0.4, -0.2) is 19.1 Å². The lowest BCUT2D eigenvalue weighted by atomic mass is 10.2. The molecule has 116 valence electrons.